The highest BCUT2D eigenvalue weighted by molar-refractivity contribution is 7.98. The van der Waals surface area contributed by atoms with Crippen molar-refractivity contribution in [2.24, 2.45) is 0 Å². The average molecular weight is 342 g/mol. The number of anilines is 1. The van der Waals surface area contributed by atoms with Crippen molar-refractivity contribution >= 4 is 33.4 Å². The van der Waals surface area contributed by atoms with Gasteiger partial charge in [-0.2, -0.15) is 4.31 Å². The molecule has 22 heavy (non-hydrogen) atoms. The van der Waals surface area contributed by atoms with Crippen LogP contribution in [0.1, 0.15) is 26.2 Å². The maximum atomic E-state index is 12.4. The molecule has 1 atom stereocenters. The highest BCUT2D eigenvalue weighted by atomic mass is 32.2. The zero-order valence-corrected chi connectivity index (χ0v) is 14.5. The summed E-state index contributed by atoms with van der Waals surface area (Å²) in [6.45, 7) is 2.27. The van der Waals surface area contributed by atoms with Gasteiger partial charge in [-0.3, -0.25) is 4.79 Å². The number of rotatable bonds is 6. The van der Waals surface area contributed by atoms with Gasteiger partial charge in [-0.05, 0) is 49.8 Å². The first kappa shape index (κ1) is 17.3. The van der Waals surface area contributed by atoms with Gasteiger partial charge >= 0.3 is 0 Å². The van der Waals surface area contributed by atoms with Gasteiger partial charge < -0.3 is 5.32 Å². The van der Waals surface area contributed by atoms with E-state index in [1.165, 1.54) is 4.31 Å². The largest absolute Gasteiger partial charge is 0.325 e. The molecule has 1 heterocycles. The third-order valence-corrected chi connectivity index (χ3v) is 6.50. The van der Waals surface area contributed by atoms with Gasteiger partial charge in [-0.15, -0.1) is 11.8 Å². The molecule has 1 aliphatic rings. The lowest BCUT2D eigenvalue weighted by Crippen LogP contribution is -2.44. The van der Waals surface area contributed by atoms with E-state index in [0.717, 1.165) is 11.3 Å². The van der Waals surface area contributed by atoms with Gasteiger partial charge in [0.2, 0.25) is 15.9 Å². The summed E-state index contributed by atoms with van der Waals surface area (Å²) < 4.78 is 25.8. The van der Waals surface area contributed by atoms with Gasteiger partial charge in [0, 0.05) is 17.1 Å². The zero-order chi connectivity index (χ0) is 16.2. The van der Waals surface area contributed by atoms with Gasteiger partial charge in [0.25, 0.3) is 0 Å². The van der Waals surface area contributed by atoms with E-state index in [1.54, 1.807) is 11.8 Å². The Morgan fingerprint density at radius 2 is 2.05 bits per heavy atom. The monoisotopic (exact) mass is 342 g/mol. The third-order valence-electron chi connectivity index (χ3n) is 3.68. The summed E-state index contributed by atoms with van der Waals surface area (Å²) in [5.41, 5.74) is 0.697. The number of carbonyl (C=O) groups is 1. The normalized spacial score (nSPS) is 19.3. The predicted molar refractivity (Wildman–Crippen MR) is 90.7 cm³/mol. The third kappa shape index (κ3) is 4.02. The fourth-order valence-electron chi connectivity index (χ4n) is 2.61. The summed E-state index contributed by atoms with van der Waals surface area (Å²) >= 11 is 1.63. The van der Waals surface area contributed by atoms with E-state index in [1.807, 2.05) is 37.4 Å². The molecule has 0 saturated carbocycles. The summed E-state index contributed by atoms with van der Waals surface area (Å²) in [6.07, 6.45) is 3.86. The minimum absolute atomic E-state index is 0.0964. The fourth-order valence-corrected chi connectivity index (χ4v) is 4.77. The number of benzene rings is 1. The van der Waals surface area contributed by atoms with Crippen molar-refractivity contribution < 1.29 is 13.2 Å². The molecule has 5 nitrogen and oxygen atoms in total. The molecular formula is C15H22N2O3S2. The first-order valence-electron chi connectivity index (χ1n) is 7.42. The van der Waals surface area contributed by atoms with Gasteiger partial charge in [0.1, 0.15) is 6.04 Å². The molecular weight excluding hydrogens is 320 g/mol. The Kier molecular flexibility index (Phi) is 5.88. The Labute approximate surface area is 136 Å². The van der Waals surface area contributed by atoms with Crippen LogP contribution in [0, 0.1) is 0 Å². The second kappa shape index (κ2) is 7.48. The Hall–Kier alpha value is -1.05. The maximum Gasteiger partial charge on any atom is 0.242 e. The van der Waals surface area contributed by atoms with Gasteiger partial charge in [0.05, 0.1) is 5.75 Å². The molecule has 0 radical (unpaired) electrons. The number of amides is 1. The number of sulfonamides is 1. The van der Waals surface area contributed by atoms with Crippen molar-refractivity contribution in [3.63, 3.8) is 0 Å². The van der Waals surface area contributed by atoms with Crippen LogP contribution in [0.5, 0.6) is 0 Å². The van der Waals surface area contributed by atoms with Crippen LogP contribution < -0.4 is 5.32 Å². The van der Waals surface area contributed by atoms with Crippen molar-refractivity contribution in [1.29, 1.82) is 0 Å². The molecule has 0 bridgehead atoms. The number of hydrogen-bond donors (Lipinski definition) is 1. The molecule has 1 aromatic rings. The summed E-state index contributed by atoms with van der Waals surface area (Å²) in [4.78, 5) is 13.5. The van der Waals surface area contributed by atoms with Crippen molar-refractivity contribution in [1.82, 2.24) is 4.31 Å². The first-order valence-corrected chi connectivity index (χ1v) is 10.3. The van der Waals surface area contributed by atoms with Gasteiger partial charge in [0.15, 0.2) is 0 Å². The number of nitrogens with zero attached hydrogens (tertiary/aromatic N) is 1. The van der Waals surface area contributed by atoms with E-state index < -0.39 is 16.1 Å². The van der Waals surface area contributed by atoms with E-state index >= 15 is 0 Å². The number of nitrogens with one attached hydrogen (secondary N) is 1. The highest BCUT2D eigenvalue weighted by Gasteiger charge is 2.37. The lowest BCUT2D eigenvalue weighted by Gasteiger charge is -2.23. The van der Waals surface area contributed by atoms with Crippen LogP contribution in [-0.4, -0.2) is 43.2 Å². The van der Waals surface area contributed by atoms with E-state index in [-0.39, 0.29) is 11.7 Å². The molecule has 2 rings (SSSR count). The predicted octanol–water partition coefficient (Wildman–Crippen LogP) is 2.55. The van der Waals surface area contributed by atoms with Crippen LogP contribution in [-0.2, 0) is 14.8 Å². The summed E-state index contributed by atoms with van der Waals surface area (Å²) in [5.74, 6) is -0.145. The molecule has 1 amide bonds. The highest BCUT2D eigenvalue weighted by Crippen LogP contribution is 2.24. The Morgan fingerprint density at radius 1 is 1.36 bits per heavy atom. The molecule has 1 aliphatic heterocycles. The van der Waals surface area contributed by atoms with Gasteiger partial charge in [-0.1, -0.05) is 6.92 Å². The summed E-state index contributed by atoms with van der Waals surface area (Å²) in [6, 6.07) is 6.95. The average Bonchev–Trinajstić information content (AvgIpc) is 2.98. The lowest BCUT2D eigenvalue weighted by molar-refractivity contribution is -0.119. The number of hydrogen-bond acceptors (Lipinski definition) is 4. The second-order valence-electron chi connectivity index (χ2n) is 5.30. The van der Waals surface area contributed by atoms with Crippen LogP contribution in [0.15, 0.2) is 29.2 Å². The molecule has 0 spiro atoms. The molecule has 122 valence electrons. The van der Waals surface area contributed by atoms with Crippen molar-refractivity contribution in [2.75, 3.05) is 23.9 Å². The lowest BCUT2D eigenvalue weighted by atomic mass is 10.2. The Bertz CT molecular complexity index is 614. The molecule has 1 N–H and O–H groups in total. The van der Waals surface area contributed by atoms with Crippen LogP contribution in [0.25, 0.3) is 0 Å². The first-order chi connectivity index (χ1) is 10.5. The summed E-state index contributed by atoms with van der Waals surface area (Å²) in [5, 5.41) is 2.83. The second-order valence-corrected chi connectivity index (χ2v) is 8.22. The van der Waals surface area contributed by atoms with E-state index in [9.17, 15) is 13.2 Å². The van der Waals surface area contributed by atoms with E-state index in [2.05, 4.69) is 5.32 Å². The molecule has 1 fully saturated rings. The smallest absolute Gasteiger partial charge is 0.242 e. The molecule has 1 aromatic carbocycles. The molecule has 0 aromatic heterocycles. The van der Waals surface area contributed by atoms with E-state index in [4.69, 9.17) is 0 Å². The van der Waals surface area contributed by atoms with E-state index in [0.29, 0.717) is 25.1 Å². The maximum absolute atomic E-state index is 12.4. The topological polar surface area (TPSA) is 66.5 Å². The summed E-state index contributed by atoms with van der Waals surface area (Å²) in [7, 11) is -3.34. The Balaban J connectivity index is 2.07. The molecule has 7 heteroatoms. The standard InChI is InChI=1S/C15H22N2O3S2/c1-3-11-22(19,20)17-10-4-5-14(17)15(18)16-12-6-8-13(21-2)9-7-12/h6-9,14H,3-5,10-11H2,1-2H3,(H,16,18). The molecule has 0 aliphatic carbocycles. The number of carbonyl (C=O) groups excluding carboxylic acids is 1. The van der Waals surface area contributed by atoms with Crippen LogP contribution in [0.2, 0.25) is 0 Å². The Morgan fingerprint density at radius 3 is 2.64 bits per heavy atom. The van der Waals surface area contributed by atoms with Crippen LogP contribution >= 0.6 is 11.8 Å². The quantitative estimate of drug-likeness (QED) is 0.807. The van der Waals surface area contributed by atoms with Crippen molar-refractivity contribution in [2.45, 2.75) is 37.1 Å². The van der Waals surface area contributed by atoms with Crippen molar-refractivity contribution in [3.8, 4) is 0 Å². The SMILES string of the molecule is CCCS(=O)(=O)N1CCCC1C(=O)Nc1ccc(SC)cc1. The van der Waals surface area contributed by atoms with Gasteiger partial charge in [-0.25, -0.2) is 8.42 Å². The minimum atomic E-state index is -3.34. The fraction of sp³-hybridized carbons (Fsp3) is 0.533. The van der Waals surface area contributed by atoms with Crippen LogP contribution in [0.4, 0.5) is 5.69 Å². The minimum Gasteiger partial charge on any atom is -0.325 e. The van der Waals surface area contributed by atoms with Crippen LogP contribution in [0.3, 0.4) is 0 Å². The molecule has 1 unspecified atom stereocenters. The van der Waals surface area contributed by atoms with Crippen molar-refractivity contribution in [3.05, 3.63) is 24.3 Å². The number of thioether (sulfide) groups is 1. The zero-order valence-electron chi connectivity index (χ0n) is 12.9. The molecule has 1 saturated heterocycles.